The fourth-order valence-electron chi connectivity index (χ4n) is 1.64. The Morgan fingerprint density at radius 3 is 2.90 bits per heavy atom. The Labute approximate surface area is 120 Å². The van der Waals surface area contributed by atoms with Crippen molar-refractivity contribution in [2.24, 2.45) is 0 Å². The topological polar surface area (TPSA) is 96.7 Å². The number of hydrogen-bond acceptors (Lipinski definition) is 4. The molecule has 0 aliphatic carbocycles. The number of benzene rings is 1. The molecule has 20 heavy (non-hydrogen) atoms. The first-order chi connectivity index (χ1) is 9.55. The molecule has 0 aliphatic rings. The SMILES string of the molecule is CCn1cc(N)c(C(=O)Nc2ccc(C#N)cc2Cl)n1. The van der Waals surface area contributed by atoms with E-state index in [-0.39, 0.29) is 10.7 Å². The van der Waals surface area contributed by atoms with Crippen molar-refractivity contribution in [2.45, 2.75) is 13.5 Å². The zero-order valence-corrected chi connectivity index (χ0v) is 11.5. The van der Waals surface area contributed by atoms with Crippen LogP contribution in [0.5, 0.6) is 0 Å². The predicted molar refractivity (Wildman–Crippen MR) is 76.4 cm³/mol. The molecule has 1 heterocycles. The molecule has 0 spiro atoms. The summed E-state index contributed by atoms with van der Waals surface area (Å²) in [6.07, 6.45) is 1.59. The van der Waals surface area contributed by atoms with E-state index in [0.29, 0.717) is 23.5 Å². The fraction of sp³-hybridized carbons (Fsp3) is 0.154. The molecular weight excluding hydrogens is 278 g/mol. The summed E-state index contributed by atoms with van der Waals surface area (Å²) in [7, 11) is 0. The molecule has 3 N–H and O–H groups in total. The van der Waals surface area contributed by atoms with E-state index < -0.39 is 5.91 Å². The number of rotatable bonds is 3. The minimum atomic E-state index is -0.443. The van der Waals surface area contributed by atoms with Gasteiger partial charge in [-0.15, -0.1) is 0 Å². The molecule has 0 aliphatic heterocycles. The van der Waals surface area contributed by atoms with Gasteiger partial charge < -0.3 is 11.1 Å². The summed E-state index contributed by atoms with van der Waals surface area (Å²) in [4.78, 5) is 12.1. The lowest BCUT2D eigenvalue weighted by molar-refractivity contribution is 0.102. The molecule has 2 rings (SSSR count). The van der Waals surface area contributed by atoms with E-state index in [1.807, 2.05) is 13.0 Å². The Balaban J connectivity index is 2.23. The van der Waals surface area contributed by atoms with E-state index in [1.165, 1.54) is 6.07 Å². The standard InChI is InChI=1S/C13H12ClN5O/c1-2-19-7-10(16)12(18-19)13(20)17-11-4-3-8(6-15)5-9(11)14/h3-5,7H,2,16H2,1H3,(H,17,20). The summed E-state index contributed by atoms with van der Waals surface area (Å²) in [5.41, 5.74) is 7.00. The maximum absolute atomic E-state index is 12.1. The van der Waals surface area contributed by atoms with Gasteiger partial charge in [-0.1, -0.05) is 11.6 Å². The number of nitrogen functional groups attached to an aromatic ring is 1. The van der Waals surface area contributed by atoms with Crippen LogP contribution in [0.25, 0.3) is 0 Å². The summed E-state index contributed by atoms with van der Waals surface area (Å²) in [5.74, 6) is -0.443. The van der Waals surface area contributed by atoms with Crippen LogP contribution >= 0.6 is 11.6 Å². The maximum atomic E-state index is 12.1. The number of halogens is 1. The smallest absolute Gasteiger partial charge is 0.278 e. The molecule has 0 radical (unpaired) electrons. The first kappa shape index (κ1) is 13.9. The van der Waals surface area contributed by atoms with Gasteiger partial charge in [-0.3, -0.25) is 9.48 Å². The second-order valence-corrected chi connectivity index (χ2v) is 4.46. The van der Waals surface area contributed by atoms with Crippen LogP contribution in [0.2, 0.25) is 5.02 Å². The van der Waals surface area contributed by atoms with Gasteiger partial charge in [0, 0.05) is 12.7 Å². The zero-order chi connectivity index (χ0) is 14.7. The third kappa shape index (κ3) is 2.73. The van der Waals surface area contributed by atoms with E-state index in [2.05, 4.69) is 10.4 Å². The van der Waals surface area contributed by atoms with Gasteiger partial charge in [-0.2, -0.15) is 10.4 Å². The first-order valence-electron chi connectivity index (χ1n) is 5.89. The summed E-state index contributed by atoms with van der Waals surface area (Å²) in [6, 6.07) is 6.57. The molecule has 0 bridgehead atoms. The summed E-state index contributed by atoms with van der Waals surface area (Å²) in [5, 5.41) is 15.7. The van der Waals surface area contributed by atoms with Crippen molar-refractivity contribution in [2.75, 3.05) is 11.1 Å². The summed E-state index contributed by atoms with van der Waals surface area (Å²) >= 11 is 5.99. The highest BCUT2D eigenvalue weighted by molar-refractivity contribution is 6.34. The van der Waals surface area contributed by atoms with E-state index >= 15 is 0 Å². The lowest BCUT2D eigenvalue weighted by atomic mass is 10.2. The van der Waals surface area contributed by atoms with E-state index in [4.69, 9.17) is 22.6 Å². The van der Waals surface area contributed by atoms with Crippen LogP contribution in [0.4, 0.5) is 11.4 Å². The normalized spacial score (nSPS) is 10.1. The highest BCUT2D eigenvalue weighted by Gasteiger charge is 2.16. The largest absolute Gasteiger partial charge is 0.396 e. The number of nitrogens with two attached hydrogens (primary N) is 1. The predicted octanol–water partition coefficient (Wildman–Crippen LogP) is 2.26. The Kier molecular flexibility index (Phi) is 3.91. The molecular formula is C13H12ClN5O. The Bertz CT molecular complexity index is 701. The van der Waals surface area contributed by atoms with Crippen LogP contribution in [0.1, 0.15) is 23.0 Å². The summed E-state index contributed by atoms with van der Waals surface area (Å²) in [6.45, 7) is 2.51. The van der Waals surface area contributed by atoms with E-state index in [9.17, 15) is 4.79 Å². The monoisotopic (exact) mass is 289 g/mol. The number of aryl methyl sites for hydroxylation is 1. The molecule has 102 valence electrons. The van der Waals surface area contributed by atoms with Crippen molar-refractivity contribution in [1.29, 1.82) is 5.26 Å². The highest BCUT2D eigenvalue weighted by Crippen LogP contribution is 2.23. The van der Waals surface area contributed by atoms with Crippen molar-refractivity contribution in [3.8, 4) is 6.07 Å². The molecule has 0 fully saturated rings. The van der Waals surface area contributed by atoms with Gasteiger partial charge in [-0.25, -0.2) is 0 Å². The van der Waals surface area contributed by atoms with Crippen molar-refractivity contribution in [3.63, 3.8) is 0 Å². The average Bonchev–Trinajstić information content (AvgIpc) is 2.82. The van der Waals surface area contributed by atoms with E-state index in [1.54, 1.807) is 23.0 Å². The van der Waals surface area contributed by atoms with Crippen LogP contribution in [-0.2, 0) is 6.54 Å². The number of anilines is 2. The van der Waals surface area contributed by atoms with Gasteiger partial charge in [0.05, 0.1) is 28.0 Å². The third-order valence-electron chi connectivity index (χ3n) is 2.68. The molecule has 1 aromatic heterocycles. The van der Waals surface area contributed by atoms with Crippen molar-refractivity contribution >= 4 is 28.9 Å². The number of nitriles is 1. The molecule has 1 aromatic carbocycles. The van der Waals surface area contributed by atoms with Gasteiger partial charge >= 0.3 is 0 Å². The van der Waals surface area contributed by atoms with Crippen molar-refractivity contribution < 1.29 is 4.79 Å². The second kappa shape index (κ2) is 5.63. The van der Waals surface area contributed by atoms with Crippen LogP contribution in [0.15, 0.2) is 24.4 Å². The third-order valence-corrected chi connectivity index (χ3v) is 2.99. The quantitative estimate of drug-likeness (QED) is 0.905. The molecule has 6 nitrogen and oxygen atoms in total. The molecule has 0 saturated carbocycles. The Morgan fingerprint density at radius 1 is 1.60 bits per heavy atom. The average molecular weight is 290 g/mol. The van der Waals surface area contributed by atoms with Crippen molar-refractivity contribution in [3.05, 3.63) is 40.7 Å². The number of aromatic nitrogens is 2. The van der Waals surface area contributed by atoms with Gasteiger partial charge in [0.15, 0.2) is 5.69 Å². The first-order valence-corrected chi connectivity index (χ1v) is 6.27. The van der Waals surface area contributed by atoms with Gasteiger partial charge in [0.25, 0.3) is 5.91 Å². The maximum Gasteiger partial charge on any atom is 0.278 e. The molecule has 1 amide bonds. The fourth-order valence-corrected chi connectivity index (χ4v) is 1.87. The van der Waals surface area contributed by atoms with Crippen LogP contribution in [0.3, 0.4) is 0 Å². The van der Waals surface area contributed by atoms with Gasteiger partial charge in [0.1, 0.15) is 0 Å². The van der Waals surface area contributed by atoms with Crippen LogP contribution < -0.4 is 11.1 Å². The number of carbonyl (C=O) groups excluding carboxylic acids is 1. The Hall–Kier alpha value is -2.52. The number of hydrogen-bond donors (Lipinski definition) is 2. The van der Waals surface area contributed by atoms with Gasteiger partial charge in [0.2, 0.25) is 0 Å². The highest BCUT2D eigenvalue weighted by atomic mass is 35.5. The number of carbonyl (C=O) groups is 1. The molecule has 7 heteroatoms. The van der Waals surface area contributed by atoms with Crippen molar-refractivity contribution in [1.82, 2.24) is 9.78 Å². The number of nitrogens with zero attached hydrogens (tertiary/aromatic N) is 3. The molecule has 0 saturated heterocycles. The van der Waals surface area contributed by atoms with Gasteiger partial charge in [-0.05, 0) is 25.1 Å². The lowest BCUT2D eigenvalue weighted by Crippen LogP contribution is -2.15. The minimum absolute atomic E-state index is 0.146. The van der Waals surface area contributed by atoms with Crippen LogP contribution in [-0.4, -0.2) is 15.7 Å². The molecule has 0 unspecified atom stereocenters. The van der Waals surface area contributed by atoms with E-state index in [0.717, 1.165) is 0 Å². The zero-order valence-electron chi connectivity index (χ0n) is 10.7. The minimum Gasteiger partial charge on any atom is -0.396 e. The molecule has 0 atom stereocenters. The second-order valence-electron chi connectivity index (χ2n) is 4.05. The summed E-state index contributed by atoms with van der Waals surface area (Å²) < 4.78 is 1.57. The lowest BCUT2D eigenvalue weighted by Gasteiger charge is -2.06. The Morgan fingerprint density at radius 2 is 2.35 bits per heavy atom. The van der Waals surface area contributed by atoms with Crippen LogP contribution in [0, 0.1) is 11.3 Å². The molecule has 2 aromatic rings. The number of amides is 1. The number of nitrogens with one attached hydrogen (secondary N) is 1.